The van der Waals surface area contributed by atoms with Crippen molar-refractivity contribution in [3.05, 3.63) is 135 Å². The Morgan fingerprint density at radius 1 is 0.938 bits per heavy atom. The topological polar surface area (TPSA) is 156 Å². The van der Waals surface area contributed by atoms with Crippen LogP contribution >= 0.6 is 0 Å². The Morgan fingerprint density at radius 3 is 2.44 bits per heavy atom. The van der Waals surface area contributed by atoms with Crippen LogP contribution < -0.4 is 15.6 Å². The van der Waals surface area contributed by atoms with Crippen molar-refractivity contribution in [1.29, 1.82) is 0 Å². The van der Waals surface area contributed by atoms with E-state index in [-0.39, 0.29) is 30.2 Å². The summed E-state index contributed by atoms with van der Waals surface area (Å²) in [5, 5.41) is 15.4. The smallest absolute Gasteiger partial charge is 0.332 e. The first-order chi connectivity index (χ1) is 30.9. The molecule has 3 aliphatic rings. The van der Waals surface area contributed by atoms with Crippen LogP contribution in [0.1, 0.15) is 70.2 Å². The van der Waals surface area contributed by atoms with Gasteiger partial charge < -0.3 is 9.47 Å². The molecule has 0 spiro atoms. The number of carbonyl (C=O) groups excluding carboxylic acids is 2. The second-order valence-electron chi connectivity index (χ2n) is 17.5. The Kier molecular flexibility index (Phi) is 8.85. The van der Waals surface area contributed by atoms with Gasteiger partial charge in [-0.05, 0) is 122 Å². The number of H-pyrrole nitrogens is 1. The predicted octanol–water partition coefficient (Wildman–Crippen LogP) is 7.51. The largest absolute Gasteiger partial charge is 0.438 e. The van der Waals surface area contributed by atoms with Crippen LogP contribution in [0.4, 0.5) is 20.7 Å². The Bertz CT molecular complexity index is 3300. The van der Waals surface area contributed by atoms with Gasteiger partial charge in [-0.1, -0.05) is 25.1 Å². The van der Waals surface area contributed by atoms with Crippen molar-refractivity contribution in [2.75, 3.05) is 29.4 Å². The molecular weight excluding hydrogens is 814 g/mol. The number of urea groups is 1. The lowest BCUT2D eigenvalue weighted by molar-refractivity contribution is 0.0721. The van der Waals surface area contributed by atoms with E-state index < -0.39 is 11.3 Å². The summed E-state index contributed by atoms with van der Waals surface area (Å²) in [6, 6.07) is 19.3. The van der Waals surface area contributed by atoms with E-state index in [0.717, 1.165) is 67.6 Å². The number of aromatic nitrogens is 8. The fourth-order valence-electron chi connectivity index (χ4n) is 10.3. The molecule has 5 aromatic heterocycles. The number of pyridine rings is 1. The molecule has 3 aromatic carbocycles. The molecule has 64 heavy (non-hydrogen) atoms. The normalized spacial score (nSPS) is 18.5. The highest BCUT2D eigenvalue weighted by Crippen LogP contribution is 2.56. The minimum Gasteiger partial charge on any atom is -0.332 e. The van der Waals surface area contributed by atoms with Crippen molar-refractivity contribution in [1.82, 2.24) is 44.2 Å². The summed E-state index contributed by atoms with van der Waals surface area (Å²) in [7, 11) is 1.88. The Morgan fingerprint density at radius 2 is 1.70 bits per heavy atom. The average Bonchev–Trinajstić information content (AvgIpc) is 3.91. The van der Waals surface area contributed by atoms with E-state index in [1.165, 1.54) is 0 Å². The second-order valence-corrected chi connectivity index (χ2v) is 17.5. The summed E-state index contributed by atoms with van der Waals surface area (Å²) in [5.74, 6) is -0.237. The van der Waals surface area contributed by atoms with Gasteiger partial charge >= 0.3 is 11.8 Å². The van der Waals surface area contributed by atoms with E-state index in [9.17, 15) is 9.59 Å². The molecule has 2 atom stereocenters. The third-order valence-electron chi connectivity index (χ3n) is 13.8. The zero-order valence-corrected chi connectivity index (χ0v) is 36.4. The standard InChI is InChI=1S/C48H46FN11O4/c1-7-37-29(5)35(12-14-50-37)30-8-10-40-31(20-30)22-41(59(40)48(23-28(48)4)45-52-46(62)64-54-45)44(61)56-15-13-38-36(25-56)43(60(53-38)34-18-26(2)42(49)27(3)19-34)58-17-16-57(47(58)63)33-9-11-39-32(21-33)24-51-55(39)6/h8-12,14,18-22,24,28H,7,13,15-17,23,25H2,1-6H3,(H,52,54,62)/t28-,48-/m0/s1. The van der Waals surface area contributed by atoms with Gasteiger partial charge in [0.1, 0.15) is 22.9 Å². The third kappa shape index (κ3) is 5.87. The third-order valence-corrected chi connectivity index (χ3v) is 13.8. The van der Waals surface area contributed by atoms with Gasteiger partial charge in [-0.25, -0.2) is 18.7 Å². The van der Waals surface area contributed by atoms with E-state index in [1.54, 1.807) is 51.3 Å². The van der Waals surface area contributed by atoms with Gasteiger partial charge in [0.2, 0.25) is 0 Å². The first-order valence-electron chi connectivity index (χ1n) is 21.7. The zero-order chi connectivity index (χ0) is 44.3. The maximum atomic E-state index is 15.4. The van der Waals surface area contributed by atoms with E-state index in [2.05, 4.69) is 53.1 Å². The molecular formula is C48H46FN11O4. The van der Waals surface area contributed by atoms with Crippen molar-refractivity contribution in [3.8, 4) is 16.8 Å². The van der Waals surface area contributed by atoms with Gasteiger partial charge in [-0.3, -0.25) is 33.8 Å². The molecule has 0 radical (unpaired) electrons. The molecule has 1 aliphatic carbocycles. The molecule has 8 aromatic rings. The van der Waals surface area contributed by atoms with Crippen LogP contribution in [0.25, 0.3) is 38.6 Å². The minimum absolute atomic E-state index is 0.0213. The molecule has 1 saturated heterocycles. The number of aryl methyl sites for hydroxylation is 4. The Hall–Kier alpha value is -7.36. The molecule has 1 N–H and O–H groups in total. The van der Waals surface area contributed by atoms with Crippen LogP contribution in [0, 0.1) is 32.5 Å². The van der Waals surface area contributed by atoms with Crippen molar-refractivity contribution >= 4 is 45.2 Å². The first-order valence-corrected chi connectivity index (χ1v) is 21.7. The fourth-order valence-corrected chi connectivity index (χ4v) is 10.3. The van der Waals surface area contributed by atoms with Gasteiger partial charge in [0.15, 0.2) is 5.82 Å². The summed E-state index contributed by atoms with van der Waals surface area (Å²) >= 11 is 0. The second kappa shape index (κ2) is 14.3. The molecule has 16 heteroatoms. The molecule has 0 unspecified atom stereocenters. The summed E-state index contributed by atoms with van der Waals surface area (Å²) in [5.41, 5.74) is 9.39. The quantitative estimate of drug-likeness (QED) is 0.165. The minimum atomic E-state index is -0.831. The van der Waals surface area contributed by atoms with E-state index >= 15 is 9.18 Å². The van der Waals surface area contributed by atoms with Crippen LogP contribution in [0.15, 0.2) is 82.4 Å². The number of halogens is 1. The molecule has 2 aliphatic heterocycles. The van der Waals surface area contributed by atoms with Gasteiger partial charge in [-0.15, -0.1) is 0 Å². The number of amides is 3. The van der Waals surface area contributed by atoms with Crippen LogP contribution in [0.3, 0.4) is 0 Å². The number of fused-ring (bicyclic) bond motifs is 3. The molecule has 324 valence electrons. The zero-order valence-electron chi connectivity index (χ0n) is 36.4. The van der Waals surface area contributed by atoms with Crippen molar-refractivity contribution < 1.29 is 18.5 Å². The fraction of sp³-hybridized carbons (Fsp3) is 0.312. The lowest BCUT2D eigenvalue weighted by Crippen LogP contribution is -2.39. The highest BCUT2D eigenvalue weighted by Gasteiger charge is 2.59. The molecule has 7 heterocycles. The molecule has 15 nitrogen and oxygen atoms in total. The van der Waals surface area contributed by atoms with Gasteiger partial charge in [-0.2, -0.15) is 10.2 Å². The van der Waals surface area contributed by atoms with Gasteiger partial charge in [0.05, 0.1) is 29.6 Å². The van der Waals surface area contributed by atoms with Crippen LogP contribution in [0.2, 0.25) is 0 Å². The summed E-state index contributed by atoms with van der Waals surface area (Å²) in [4.78, 5) is 55.1. The number of anilines is 2. The van der Waals surface area contributed by atoms with Crippen LogP contribution in [-0.4, -0.2) is 75.7 Å². The van der Waals surface area contributed by atoms with Gasteiger partial charge in [0.25, 0.3) is 5.91 Å². The number of hydrogen-bond acceptors (Lipinski definition) is 8. The highest BCUT2D eigenvalue weighted by molar-refractivity contribution is 6.07. The van der Waals surface area contributed by atoms with Crippen molar-refractivity contribution in [2.24, 2.45) is 13.0 Å². The number of hydrogen-bond donors (Lipinski definition) is 1. The average molecular weight is 860 g/mol. The van der Waals surface area contributed by atoms with Gasteiger partial charge in [0, 0.05) is 72.5 Å². The van der Waals surface area contributed by atoms with Crippen molar-refractivity contribution in [3.63, 3.8) is 0 Å². The predicted molar refractivity (Wildman–Crippen MR) is 240 cm³/mol. The van der Waals surface area contributed by atoms with Crippen LogP contribution in [-0.2, 0) is 32.0 Å². The molecule has 11 rings (SSSR count). The SMILES string of the molecule is CCc1nccc(-c2ccc3c(c2)cc(C(=O)N2CCc4nn(-c5cc(C)c(F)c(C)c5)c(N5CCN(c6ccc7c(cnn7C)c6)C5=O)c4C2)n3[C@@]2(c3noc(=O)[nH]3)C[C@@H]2C)c1C. The van der Waals surface area contributed by atoms with Crippen molar-refractivity contribution in [2.45, 2.75) is 66.0 Å². The van der Waals surface area contributed by atoms with E-state index in [1.807, 2.05) is 59.1 Å². The molecule has 0 bridgehead atoms. The monoisotopic (exact) mass is 859 g/mol. The van der Waals surface area contributed by atoms with E-state index in [0.29, 0.717) is 66.6 Å². The number of benzene rings is 3. The molecule has 2 fully saturated rings. The summed E-state index contributed by atoms with van der Waals surface area (Å²) in [6.45, 7) is 11.0. The number of nitrogens with one attached hydrogen (secondary N) is 1. The number of rotatable bonds is 8. The summed E-state index contributed by atoms with van der Waals surface area (Å²) < 4.78 is 25.7. The number of carbonyl (C=O) groups is 2. The summed E-state index contributed by atoms with van der Waals surface area (Å²) in [6.07, 6.45) is 5.48. The highest BCUT2D eigenvalue weighted by atomic mass is 19.1. The first kappa shape index (κ1) is 39.5. The number of aromatic amines is 1. The number of nitrogens with zero attached hydrogens (tertiary/aromatic N) is 10. The Labute approximate surface area is 366 Å². The van der Waals surface area contributed by atoms with Crippen LogP contribution in [0.5, 0.6) is 0 Å². The van der Waals surface area contributed by atoms with E-state index in [4.69, 9.17) is 9.62 Å². The molecule has 1 saturated carbocycles. The lowest BCUT2D eigenvalue weighted by Gasteiger charge is -2.30. The molecule has 3 amide bonds. The lowest BCUT2D eigenvalue weighted by atomic mass is 9.98. The Balaban J connectivity index is 1.02. The maximum absolute atomic E-state index is 15.4. The maximum Gasteiger partial charge on any atom is 0.438 e.